The van der Waals surface area contributed by atoms with Crippen molar-refractivity contribution in [3.05, 3.63) is 64.1 Å². The molecule has 0 unspecified atom stereocenters. The molecular formula is C20H23Cl2N4O+. The van der Waals surface area contributed by atoms with Crippen molar-refractivity contribution in [3.63, 3.8) is 0 Å². The Labute approximate surface area is 169 Å². The van der Waals surface area contributed by atoms with E-state index in [0.717, 1.165) is 38.3 Å². The Bertz CT molecular complexity index is 790. The molecule has 1 fully saturated rings. The lowest BCUT2D eigenvalue weighted by atomic mass is 10.2. The minimum absolute atomic E-state index is 0.0794. The zero-order valence-corrected chi connectivity index (χ0v) is 16.5. The van der Waals surface area contributed by atoms with Gasteiger partial charge in [-0.1, -0.05) is 47.5 Å². The Morgan fingerprint density at radius 2 is 1.85 bits per heavy atom. The van der Waals surface area contributed by atoms with Crippen LogP contribution < -0.4 is 15.2 Å². The number of piperazine rings is 1. The molecule has 2 aromatic rings. The SMILES string of the molecule is O=C(CC[NH+]1CCN(c2ccccc2)CC1)N/N=C\c1ccc(Cl)c(Cl)c1. The fourth-order valence-corrected chi connectivity index (χ4v) is 3.39. The van der Waals surface area contributed by atoms with Crippen molar-refractivity contribution in [2.45, 2.75) is 6.42 Å². The highest BCUT2D eigenvalue weighted by molar-refractivity contribution is 6.42. The van der Waals surface area contributed by atoms with E-state index in [0.29, 0.717) is 16.5 Å². The molecule has 0 radical (unpaired) electrons. The number of hydrogen-bond donors (Lipinski definition) is 2. The van der Waals surface area contributed by atoms with Crippen LogP contribution >= 0.6 is 23.2 Å². The molecule has 0 aliphatic carbocycles. The lowest BCUT2D eigenvalue weighted by molar-refractivity contribution is -0.900. The molecule has 5 nitrogen and oxygen atoms in total. The maximum atomic E-state index is 12.0. The molecule has 142 valence electrons. The molecule has 0 saturated carbocycles. The molecule has 1 aliphatic rings. The number of benzene rings is 2. The van der Waals surface area contributed by atoms with E-state index >= 15 is 0 Å². The van der Waals surface area contributed by atoms with Crippen LogP contribution in [0.5, 0.6) is 0 Å². The summed E-state index contributed by atoms with van der Waals surface area (Å²) in [7, 11) is 0. The first-order valence-electron chi connectivity index (χ1n) is 9.02. The minimum atomic E-state index is -0.0794. The molecule has 0 aromatic heterocycles. The van der Waals surface area contributed by atoms with Gasteiger partial charge in [-0.05, 0) is 29.8 Å². The molecule has 2 aromatic carbocycles. The maximum Gasteiger partial charge on any atom is 0.245 e. The van der Waals surface area contributed by atoms with Gasteiger partial charge in [0.2, 0.25) is 5.91 Å². The van der Waals surface area contributed by atoms with E-state index in [1.807, 2.05) is 6.07 Å². The predicted octanol–water partition coefficient (Wildman–Crippen LogP) is 2.24. The van der Waals surface area contributed by atoms with Crippen LogP contribution in [0.1, 0.15) is 12.0 Å². The van der Waals surface area contributed by atoms with Gasteiger partial charge in [-0.25, -0.2) is 5.43 Å². The van der Waals surface area contributed by atoms with Crippen LogP contribution in [-0.4, -0.2) is 44.8 Å². The number of anilines is 1. The highest BCUT2D eigenvalue weighted by atomic mass is 35.5. The summed E-state index contributed by atoms with van der Waals surface area (Å²) in [4.78, 5) is 15.8. The minimum Gasteiger partial charge on any atom is -0.360 e. The van der Waals surface area contributed by atoms with Crippen molar-refractivity contribution < 1.29 is 9.69 Å². The molecule has 7 heteroatoms. The van der Waals surface area contributed by atoms with Gasteiger partial charge in [-0.2, -0.15) is 5.10 Å². The molecule has 1 amide bonds. The van der Waals surface area contributed by atoms with Crippen LogP contribution in [0.4, 0.5) is 5.69 Å². The molecule has 1 saturated heterocycles. The number of nitrogens with one attached hydrogen (secondary N) is 2. The zero-order valence-electron chi connectivity index (χ0n) is 15.0. The van der Waals surface area contributed by atoms with Gasteiger partial charge in [0.25, 0.3) is 0 Å². The van der Waals surface area contributed by atoms with E-state index in [2.05, 4.69) is 39.7 Å². The fourth-order valence-electron chi connectivity index (χ4n) is 3.09. The number of halogens is 2. The maximum absolute atomic E-state index is 12.0. The summed E-state index contributed by atoms with van der Waals surface area (Å²) in [6.07, 6.45) is 2.02. The first-order chi connectivity index (χ1) is 13.1. The molecule has 0 atom stereocenters. The summed E-state index contributed by atoms with van der Waals surface area (Å²) >= 11 is 11.8. The number of carbonyl (C=O) groups is 1. The van der Waals surface area contributed by atoms with Gasteiger partial charge >= 0.3 is 0 Å². The third kappa shape index (κ3) is 5.96. The number of rotatable bonds is 6. The highest BCUT2D eigenvalue weighted by Crippen LogP contribution is 2.21. The third-order valence-electron chi connectivity index (χ3n) is 4.64. The van der Waals surface area contributed by atoms with E-state index in [1.54, 1.807) is 24.4 Å². The van der Waals surface area contributed by atoms with Crippen LogP contribution in [-0.2, 0) is 4.79 Å². The Hall–Kier alpha value is -2.08. The Morgan fingerprint density at radius 3 is 2.56 bits per heavy atom. The number of nitrogens with zero attached hydrogens (tertiary/aromatic N) is 2. The second kappa shape index (κ2) is 9.74. The highest BCUT2D eigenvalue weighted by Gasteiger charge is 2.20. The lowest BCUT2D eigenvalue weighted by Gasteiger charge is -2.33. The van der Waals surface area contributed by atoms with Crippen molar-refractivity contribution in [2.75, 3.05) is 37.6 Å². The van der Waals surface area contributed by atoms with Crippen LogP contribution in [0.3, 0.4) is 0 Å². The molecule has 27 heavy (non-hydrogen) atoms. The smallest absolute Gasteiger partial charge is 0.245 e. The van der Waals surface area contributed by atoms with E-state index in [4.69, 9.17) is 23.2 Å². The second-order valence-electron chi connectivity index (χ2n) is 6.54. The van der Waals surface area contributed by atoms with Gasteiger partial charge in [0.05, 0.1) is 55.4 Å². The molecule has 0 bridgehead atoms. The van der Waals surface area contributed by atoms with Gasteiger partial charge in [0, 0.05) is 5.69 Å². The van der Waals surface area contributed by atoms with Crippen molar-refractivity contribution >= 4 is 41.0 Å². The topological polar surface area (TPSA) is 49.1 Å². The van der Waals surface area contributed by atoms with Crippen molar-refractivity contribution in [2.24, 2.45) is 5.10 Å². The van der Waals surface area contributed by atoms with Crippen LogP contribution in [0.25, 0.3) is 0 Å². The number of carbonyl (C=O) groups excluding carboxylic acids is 1. The van der Waals surface area contributed by atoms with Gasteiger partial charge in [-0.15, -0.1) is 0 Å². The summed E-state index contributed by atoms with van der Waals surface area (Å²) in [5.74, 6) is -0.0794. The number of hydrogen-bond acceptors (Lipinski definition) is 3. The Kier molecular flexibility index (Phi) is 7.10. The monoisotopic (exact) mass is 405 g/mol. The van der Waals surface area contributed by atoms with E-state index in [-0.39, 0.29) is 5.91 Å². The predicted molar refractivity (Wildman–Crippen MR) is 111 cm³/mol. The normalized spacial score (nSPS) is 15.3. The van der Waals surface area contributed by atoms with E-state index < -0.39 is 0 Å². The fraction of sp³-hybridized carbons (Fsp3) is 0.300. The molecule has 2 N–H and O–H groups in total. The zero-order chi connectivity index (χ0) is 19.1. The van der Waals surface area contributed by atoms with Crippen molar-refractivity contribution in [3.8, 4) is 0 Å². The van der Waals surface area contributed by atoms with Crippen LogP contribution in [0.15, 0.2) is 53.6 Å². The van der Waals surface area contributed by atoms with Gasteiger partial charge in [0.1, 0.15) is 0 Å². The van der Waals surface area contributed by atoms with Gasteiger partial charge in [0.15, 0.2) is 0 Å². The number of hydrazone groups is 1. The lowest BCUT2D eigenvalue weighted by Crippen LogP contribution is -3.15. The van der Waals surface area contributed by atoms with Gasteiger partial charge < -0.3 is 9.80 Å². The summed E-state index contributed by atoms with van der Waals surface area (Å²) in [5, 5.41) is 4.94. The third-order valence-corrected chi connectivity index (χ3v) is 5.38. The molecule has 1 aliphatic heterocycles. The molecule has 1 heterocycles. The Morgan fingerprint density at radius 1 is 1.11 bits per heavy atom. The quantitative estimate of drug-likeness (QED) is 0.571. The van der Waals surface area contributed by atoms with Gasteiger partial charge in [-0.3, -0.25) is 4.79 Å². The molecular weight excluding hydrogens is 383 g/mol. The number of quaternary nitrogens is 1. The van der Waals surface area contributed by atoms with Crippen LogP contribution in [0.2, 0.25) is 10.0 Å². The summed E-state index contributed by atoms with van der Waals surface area (Å²) in [6, 6.07) is 15.7. The molecule has 0 spiro atoms. The van der Waals surface area contributed by atoms with E-state index in [9.17, 15) is 4.79 Å². The summed E-state index contributed by atoms with van der Waals surface area (Å²) < 4.78 is 0. The van der Waals surface area contributed by atoms with E-state index in [1.165, 1.54) is 10.6 Å². The summed E-state index contributed by atoms with van der Waals surface area (Å²) in [6.45, 7) is 4.91. The van der Waals surface area contributed by atoms with Crippen molar-refractivity contribution in [1.82, 2.24) is 5.43 Å². The number of para-hydroxylation sites is 1. The Balaban J connectivity index is 1.37. The second-order valence-corrected chi connectivity index (χ2v) is 7.35. The first-order valence-corrected chi connectivity index (χ1v) is 9.78. The average molecular weight is 406 g/mol. The average Bonchev–Trinajstić information content (AvgIpc) is 2.70. The van der Waals surface area contributed by atoms with Crippen molar-refractivity contribution in [1.29, 1.82) is 0 Å². The molecule has 3 rings (SSSR count). The summed E-state index contributed by atoms with van der Waals surface area (Å²) in [5.41, 5.74) is 4.62. The standard InChI is InChI=1S/C20H22Cl2N4O/c21-18-7-6-16(14-19(18)22)15-23-24-20(27)8-9-25-10-12-26(13-11-25)17-4-2-1-3-5-17/h1-7,14-15H,8-13H2,(H,24,27)/p+1/b23-15-. The largest absolute Gasteiger partial charge is 0.360 e. The number of amides is 1. The van der Waals surface area contributed by atoms with Crippen LogP contribution in [0, 0.1) is 0 Å². The first kappa shape index (κ1) is 19.7.